The summed E-state index contributed by atoms with van der Waals surface area (Å²) in [6.07, 6.45) is 0. The van der Waals surface area contributed by atoms with Crippen LogP contribution in [-0.2, 0) is 9.84 Å². The molecule has 8 heteroatoms. The van der Waals surface area contributed by atoms with Gasteiger partial charge in [-0.05, 0) is 12.1 Å². The lowest BCUT2D eigenvalue weighted by atomic mass is 10.2. The molecule has 0 aliphatic heterocycles. The van der Waals surface area contributed by atoms with Crippen molar-refractivity contribution in [2.45, 2.75) is 4.90 Å². The average Bonchev–Trinajstić information content (AvgIpc) is 2.26. The maximum Gasteiger partial charge on any atom is 0.305 e. The van der Waals surface area contributed by atoms with Crippen molar-refractivity contribution >= 4 is 15.7 Å². The standard InChI is InChI=1S/C10H12N2O5S/c1-11(2)10(13)8-5-3-4-6-9(8)18(16,17)7-12(14)15/h3-6H,7H2,1-2H3. The Morgan fingerprint density at radius 2 is 1.89 bits per heavy atom. The maximum atomic E-state index is 11.8. The lowest BCUT2D eigenvalue weighted by Crippen LogP contribution is -2.25. The van der Waals surface area contributed by atoms with Gasteiger partial charge in [0.15, 0.2) is 0 Å². The van der Waals surface area contributed by atoms with E-state index in [9.17, 15) is 23.3 Å². The highest BCUT2D eigenvalue weighted by Gasteiger charge is 2.27. The van der Waals surface area contributed by atoms with E-state index >= 15 is 0 Å². The van der Waals surface area contributed by atoms with Gasteiger partial charge in [0.25, 0.3) is 5.91 Å². The molecule has 0 aliphatic rings. The summed E-state index contributed by atoms with van der Waals surface area (Å²) in [4.78, 5) is 22.1. The van der Waals surface area contributed by atoms with Gasteiger partial charge in [-0.1, -0.05) is 12.1 Å². The second-order valence-corrected chi connectivity index (χ2v) is 5.70. The summed E-state index contributed by atoms with van der Waals surface area (Å²) in [5.74, 6) is -1.75. The predicted molar refractivity (Wildman–Crippen MR) is 63.5 cm³/mol. The normalized spacial score (nSPS) is 11.0. The molecule has 0 aliphatic carbocycles. The van der Waals surface area contributed by atoms with E-state index in [1.807, 2.05) is 0 Å². The minimum Gasteiger partial charge on any atom is -0.345 e. The van der Waals surface area contributed by atoms with Gasteiger partial charge >= 0.3 is 5.88 Å². The summed E-state index contributed by atoms with van der Waals surface area (Å²) in [6, 6.07) is 5.44. The highest BCUT2D eigenvalue weighted by molar-refractivity contribution is 7.91. The van der Waals surface area contributed by atoms with Crippen LogP contribution in [0.25, 0.3) is 0 Å². The van der Waals surface area contributed by atoms with Crippen LogP contribution < -0.4 is 0 Å². The number of nitrogens with zero attached hydrogens (tertiary/aromatic N) is 2. The fourth-order valence-electron chi connectivity index (χ4n) is 1.36. The number of carbonyl (C=O) groups is 1. The Kier molecular flexibility index (Phi) is 4.02. The Balaban J connectivity index is 3.34. The van der Waals surface area contributed by atoms with Crippen molar-refractivity contribution in [1.29, 1.82) is 0 Å². The minimum absolute atomic E-state index is 0.0654. The number of hydrogen-bond donors (Lipinski definition) is 0. The summed E-state index contributed by atoms with van der Waals surface area (Å²) >= 11 is 0. The number of sulfone groups is 1. The van der Waals surface area contributed by atoms with E-state index in [0.29, 0.717) is 0 Å². The fourth-order valence-corrected chi connectivity index (χ4v) is 2.56. The molecular weight excluding hydrogens is 260 g/mol. The fraction of sp³-hybridized carbons (Fsp3) is 0.300. The zero-order valence-electron chi connectivity index (χ0n) is 9.86. The van der Waals surface area contributed by atoms with Gasteiger partial charge in [0.2, 0.25) is 9.84 Å². The van der Waals surface area contributed by atoms with Gasteiger partial charge in [-0.2, -0.15) is 0 Å². The molecule has 0 spiro atoms. The molecule has 0 atom stereocenters. The van der Waals surface area contributed by atoms with Gasteiger partial charge in [-0.15, -0.1) is 0 Å². The highest BCUT2D eigenvalue weighted by atomic mass is 32.2. The molecule has 1 amide bonds. The van der Waals surface area contributed by atoms with Crippen LogP contribution in [0.3, 0.4) is 0 Å². The Hall–Kier alpha value is -1.96. The van der Waals surface area contributed by atoms with E-state index in [2.05, 4.69) is 0 Å². The number of nitro groups is 1. The molecule has 0 radical (unpaired) electrons. The van der Waals surface area contributed by atoms with Crippen LogP contribution in [0.4, 0.5) is 0 Å². The van der Waals surface area contributed by atoms with E-state index in [0.717, 1.165) is 0 Å². The quantitative estimate of drug-likeness (QED) is 0.583. The van der Waals surface area contributed by atoms with Gasteiger partial charge < -0.3 is 4.90 Å². The van der Waals surface area contributed by atoms with Crippen molar-refractivity contribution in [3.05, 3.63) is 39.9 Å². The molecule has 18 heavy (non-hydrogen) atoms. The molecule has 0 unspecified atom stereocenters. The second-order valence-electron chi connectivity index (χ2n) is 3.77. The molecule has 1 rings (SSSR count). The molecule has 0 saturated carbocycles. The van der Waals surface area contributed by atoms with Crippen LogP contribution in [0.5, 0.6) is 0 Å². The Bertz CT molecular complexity index is 580. The maximum absolute atomic E-state index is 11.8. The topological polar surface area (TPSA) is 97.6 Å². The molecular formula is C10H12N2O5S. The summed E-state index contributed by atoms with van der Waals surface area (Å²) in [5.41, 5.74) is -0.0654. The van der Waals surface area contributed by atoms with Crippen LogP contribution in [0.15, 0.2) is 29.2 Å². The zero-order chi connectivity index (χ0) is 13.9. The van der Waals surface area contributed by atoms with Crippen LogP contribution in [0.1, 0.15) is 10.4 Å². The number of carbonyl (C=O) groups excluding carboxylic acids is 1. The van der Waals surface area contributed by atoms with Crippen molar-refractivity contribution in [3.63, 3.8) is 0 Å². The third-order valence-electron chi connectivity index (χ3n) is 2.13. The predicted octanol–water partition coefficient (Wildman–Crippen LogP) is 0.396. The van der Waals surface area contributed by atoms with Crippen LogP contribution >= 0.6 is 0 Å². The van der Waals surface area contributed by atoms with Crippen molar-refractivity contribution in [2.24, 2.45) is 0 Å². The SMILES string of the molecule is CN(C)C(=O)c1ccccc1S(=O)(=O)C[N+](=O)[O-]. The van der Waals surface area contributed by atoms with Crippen LogP contribution in [0.2, 0.25) is 0 Å². The number of rotatable bonds is 4. The number of hydrogen-bond acceptors (Lipinski definition) is 5. The van der Waals surface area contributed by atoms with Gasteiger partial charge in [-0.3, -0.25) is 14.9 Å². The van der Waals surface area contributed by atoms with Gasteiger partial charge in [0.05, 0.1) is 10.5 Å². The van der Waals surface area contributed by atoms with E-state index in [1.165, 1.54) is 43.3 Å². The number of amides is 1. The molecule has 0 aromatic heterocycles. The molecule has 0 fully saturated rings. The second kappa shape index (κ2) is 5.13. The molecule has 0 bridgehead atoms. The lowest BCUT2D eigenvalue weighted by molar-refractivity contribution is -0.458. The first-order chi connectivity index (χ1) is 8.25. The Morgan fingerprint density at radius 1 is 1.33 bits per heavy atom. The molecule has 0 N–H and O–H groups in total. The first-order valence-corrected chi connectivity index (χ1v) is 6.56. The third-order valence-corrected chi connectivity index (χ3v) is 3.71. The molecule has 0 saturated heterocycles. The smallest absolute Gasteiger partial charge is 0.305 e. The number of benzene rings is 1. The van der Waals surface area contributed by atoms with Gasteiger partial charge in [0.1, 0.15) is 0 Å². The van der Waals surface area contributed by atoms with E-state index in [1.54, 1.807) is 0 Å². The third kappa shape index (κ3) is 3.04. The summed E-state index contributed by atoms with van der Waals surface area (Å²) in [7, 11) is -1.17. The monoisotopic (exact) mass is 272 g/mol. The largest absolute Gasteiger partial charge is 0.345 e. The first-order valence-electron chi connectivity index (χ1n) is 4.91. The van der Waals surface area contributed by atoms with Crippen LogP contribution in [0, 0.1) is 10.1 Å². The van der Waals surface area contributed by atoms with E-state index < -0.39 is 26.5 Å². The Labute approximate surface area is 104 Å². The minimum atomic E-state index is -4.12. The summed E-state index contributed by atoms with van der Waals surface area (Å²) < 4.78 is 23.6. The van der Waals surface area contributed by atoms with Crippen molar-refractivity contribution < 1.29 is 18.1 Å². The molecule has 1 aromatic carbocycles. The summed E-state index contributed by atoms with van der Waals surface area (Å²) in [6.45, 7) is 0. The van der Waals surface area contributed by atoms with Crippen molar-refractivity contribution in [1.82, 2.24) is 4.90 Å². The van der Waals surface area contributed by atoms with E-state index in [4.69, 9.17) is 0 Å². The van der Waals surface area contributed by atoms with Gasteiger partial charge in [-0.25, -0.2) is 8.42 Å². The highest BCUT2D eigenvalue weighted by Crippen LogP contribution is 2.18. The molecule has 98 valence electrons. The lowest BCUT2D eigenvalue weighted by Gasteiger charge is -2.12. The molecule has 1 aromatic rings. The molecule has 0 heterocycles. The first kappa shape index (κ1) is 14.1. The van der Waals surface area contributed by atoms with Crippen LogP contribution in [-0.4, -0.2) is 44.1 Å². The van der Waals surface area contributed by atoms with Crippen molar-refractivity contribution in [2.75, 3.05) is 20.0 Å². The zero-order valence-corrected chi connectivity index (χ0v) is 10.7. The Morgan fingerprint density at radius 3 is 2.39 bits per heavy atom. The van der Waals surface area contributed by atoms with E-state index in [-0.39, 0.29) is 10.5 Å². The molecule has 7 nitrogen and oxygen atoms in total. The van der Waals surface area contributed by atoms with Gasteiger partial charge in [0, 0.05) is 19.0 Å². The van der Waals surface area contributed by atoms with Crippen molar-refractivity contribution in [3.8, 4) is 0 Å². The average molecular weight is 272 g/mol. The summed E-state index contributed by atoms with van der Waals surface area (Å²) in [5, 5.41) is 10.3.